The Morgan fingerprint density at radius 3 is 2.52 bits per heavy atom. The van der Waals surface area contributed by atoms with E-state index in [-0.39, 0.29) is 29.9 Å². The van der Waals surface area contributed by atoms with Crippen LogP contribution in [0.2, 0.25) is 0 Å². The first kappa shape index (κ1) is 21.7. The fourth-order valence-electron chi connectivity index (χ4n) is 3.00. The van der Waals surface area contributed by atoms with E-state index in [4.69, 9.17) is 0 Å². The lowest BCUT2D eigenvalue weighted by atomic mass is 9.96. The van der Waals surface area contributed by atoms with Crippen LogP contribution in [0, 0.1) is 0 Å². The van der Waals surface area contributed by atoms with E-state index in [0.29, 0.717) is 24.7 Å². The third-order valence-corrected chi connectivity index (χ3v) is 4.24. The zero-order valence-corrected chi connectivity index (χ0v) is 17.6. The highest BCUT2D eigenvalue weighted by atomic mass is 127. The van der Waals surface area contributed by atoms with Crippen molar-refractivity contribution in [3.05, 3.63) is 35.4 Å². The van der Waals surface area contributed by atoms with Crippen molar-refractivity contribution in [2.24, 2.45) is 4.99 Å². The lowest BCUT2D eigenvalue weighted by Crippen LogP contribution is -2.44. The van der Waals surface area contributed by atoms with Crippen molar-refractivity contribution in [2.75, 3.05) is 13.1 Å². The standard InChI is InChI=1S/C19H30N4O.HI/c1-3-20-18(24)16-10-8-9-15(13-16)14-22-19(21-4-2)23-17-11-6-5-7-12-17;/h8-10,13,17H,3-7,11-12,14H2,1-2H3,(H,20,24)(H2,21,22,23);1H. The average molecular weight is 458 g/mol. The second kappa shape index (κ2) is 12.1. The number of rotatable bonds is 6. The predicted molar refractivity (Wildman–Crippen MR) is 115 cm³/mol. The van der Waals surface area contributed by atoms with Crippen molar-refractivity contribution in [1.29, 1.82) is 0 Å². The Balaban J connectivity index is 0.00000312. The molecule has 0 spiro atoms. The van der Waals surface area contributed by atoms with E-state index < -0.39 is 0 Å². The number of hydrogen-bond acceptors (Lipinski definition) is 2. The molecule has 1 aliphatic carbocycles. The van der Waals surface area contributed by atoms with Crippen LogP contribution in [0.5, 0.6) is 0 Å². The SMILES string of the molecule is CCNC(=O)c1cccc(CN=C(NCC)NC2CCCCC2)c1.I. The smallest absolute Gasteiger partial charge is 0.251 e. The van der Waals surface area contributed by atoms with Crippen molar-refractivity contribution < 1.29 is 4.79 Å². The Kier molecular flexibility index (Phi) is 10.5. The first-order chi connectivity index (χ1) is 11.7. The molecule has 0 saturated heterocycles. The number of benzene rings is 1. The van der Waals surface area contributed by atoms with Crippen LogP contribution in [0.15, 0.2) is 29.3 Å². The van der Waals surface area contributed by atoms with Crippen molar-refractivity contribution in [3.8, 4) is 0 Å². The maximum absolute atomic E-state index is 11.9. The van der Waals surface area contributed by atoms with Gasteiger partial charge in [0.05, 0.1) is 6.54 Å². The molecule has 0 atom stereocenters. The predicted octanol–water partition coefficient (Wildman–Crippen LogP) is 3.44. The van der Waals surface area contributed by atoms with Gasteiger partial charge in [0.25, 0.3) is 5.91 Å². The molecule has 1 fully saturated rings. The van der Waals surface area contributed by atoms with Gasteiger partial charge in [-0.15, -0.1) is 24.0 Å². The van der Waals surface area contributed by atoms with Gasteiger partial charge in [-0.25, -0.2) is 4.99 Å². The van der Waals surface area contributed by atoms with Gasteiger partial charge >= 0.3 is 0 Å². The largest absolute Gasteiger partial charge is 0.357 e. The van der Waals surface area contributed by atoms with Gasteiger partial charge in [-0.1, -0.05) is 31.4 Å². The van der Waals surface area contributed by atoms with Gasteiger partial charge < -0.3 is 16.0 Å². The maximum atomic E-state index is 11.9. The van der Waals surface area contributed by atoms with Gasteiger partial charge in [-0.3, -0.25) is 4.79 Å². The van der Waals surface area contributed by atoms with E-state index in [9.17, 15) is 4.79 Å². The molecule has 0 aromatic heterocycles. The highest BCUT2D eigenvalue weighted by Crippen LogP contribution is 2.17. The highest BCUT2D eigenvalue weighted by molar-refractivity contribution is 14.0. The topological polar surface area (TPSA) is 65.5 Å². The summed E-state index contributed by atoms with van der Waals surface area (Å²) in [4.78, 5) is 16.6. The lowest BCUT2D eigenvalue weighted by molar-refractivity contribution is 0.0955. The molecule has 0 aliphatic heterocycles. The van der Waals surface area contributed by atoms with Crippen LogP contribution in [0.1, 0.15) is 61.9 Å². The van der Waals surface area contributed by atoms with E-state index in [1.54, 1.807) is 0 Å². The normalized spacial score (nSPS) is 15.2. The molecule has 6 heteroatoms. The molecule has 0 heterocycles. The molecule has 2 rings (SSSR count). The molecule has 1 amide bonds. The van der Waals surface area contributed by atoms with Crippen molar-refractivity contribution >= 4 is 35.8 Å². The summed E-state index contributed by atoms with van der Waals surface area (Å²) in [6.07, 6.45) is 6.38. The minimum Gasteiger partial charge on any atom is -0.357 e. The first-order valence-electron chi connectivity index (χ1n) is 9.15. The summed E-state index contributed by atoms with van der Waals surface area (Å²) in [5.41, 5.74) is 1.73. The fourth-order valence-corrected chi connectivity index (χ4v) is 3.00. The molecule has 25 heavy (non-hydrogen) atoms. The van der Waals surface area contributed by atoms with Crippen LogP contribution < -0.4 is 16.0 Å². The number of carbonyl (C=O) groups excluding carboxylic acids is 1. The lowest BCUT2D eigenvalue weighted by Gasteiger charge is -2.24. The number of guanidine groups is 1. The molecule has 0 unspecified atom stereocenters. The van der Waals surface area contributed by atoms with Crippen LogP contribution in [0.4, 0.5) is 0 Å². The van der Waals surface area contributed by atoms with Crippen LogP contribution in [-0.4, -0.2) is 31.0 Å². The summed E-state index contributed by atoms with van der Waals surface area (Å²) in [7, 11) is 0. The quantitative estimate of drug-likeness (QED) is 0.348. The molecule has 1 aliphatic rings. The zero-order chi connectivity index (χ0) is 17.2. The van der Waals surface area contributed by atoms with Crippen LogP contribution >= 0.6 is 24.0 Å². The summed E-state index contributed by atoms with van der Waals surface area (Å²) in [5, 5.41) is 9.69. The molecule has 3 N–H and O–H groups in total. The second-order valence-corrected chi connectivity index (χ2v) is 6.23. The summed E-state index contributed by atoms with van der Waals surface area (Å²) in [5.74, 6) is 0.836. The van der Waals surface area contributed by atoms with E-state index >= 15 is 0 Å². The average Bonchev–Trinajstić information content (AvgIpc) is 2.61. The minimum absolute atomic E-state index is 0. The second-order valence-electron chi connectivity index (χ2n) is 6.23. The van der Waals surface area contributed by atoms with Gasteiger partial charge in [0.1, 0.15) is 0 Å². The number of carbonyl (C=O) groups is 1. The number of nitrogens with one attached hydrogen (secondary N) is 3. The number of nitrogens with zero attached hydrogens (tertiary/aromatic N) is 1. The number of halogens is 1. The number of hydrogen-bond donors (Lipinski definition) is 3. The first-order valence-corrected chi connectivity index (χ1v) is 9.15. The van der Waals surface area contributed by atoms with Gasteiger partial charge in [0, 0.05) is 24.7 Å². The maximum Gasteiger partial charge on any atom is 0.251 e. The molecule has 1 aromatic carbocycles. The van der Waals surface area contributed by atoms with E-state index in [1.165, 1.54) is 32.1 Å². The van der Waals surface area contributed by atoms with Gasteiger partial charge in [0.15, 0.2) is 5.96 Å². The van der Waals surface area contributed by atoms with Crippen molar-refractivity contribution in [1.82, 2.24) is 16.0 Å². The molecule has 1 saturated carbocycles. The molecule has 5 nitrogen and oxygen atoms in total. The molecule has 1 aromatic rings. The van der Waals surface area contributed by atoms with E-state index in [0.717, 1.165) is 18.1 Å². The molecule has 140 valence electrons. The number of amides is 1. The Labute approximate surface area is 168 Å². The summed E-state index contributed by atoms with van der Waals surface area (Å²) in [6.45, 7) is 6.04. The van der Waals surface area contributed by atoms with Crippen LogP contribution in [0.3, 0.4) is 0 Å². The van der Waals surface area contributed by atoms with Crippen molar-refractivity contribution in [3.63, 3.8) is 0 Å². The Morgan fingerprint density at radius 2 is 1.84 bits per heavy atom. The molecular formula is C19H31IN4O. The van der Waals surface area contributed by atoms with Gasteiger partial charge in [-0.2, -0.15) is 0 Å². The van der Waals surface area contributed by atoms with Crippen molar-refractivity contribution in [2.45, 2.75) is 58.5 Å². The van der Waals surface area contributed by atoms with Crippen LogP contribution in [0.25, 0.3) is 0 Å². The number of aliphatic imine (C=N–C) groups is 1. The minimum atomic E-state index is -0.0319. The van der Waals surface area contributed by atoms with E-state index in [1.807, 2.05) is 31.2 Å². The monoisotopic (exact) mass is 458 g/mol. The molecule has 0 bridgehead atoms. The molecule has 0 radical (unpaired) electrons. The summed E-state index contributed by atoms with van der Waals surface area (Å²) in [6, 6.07) is 8.20. The molecular weight excluding hydrogens is 427 g/mol. The zero-order valence-electron chi connectivity index (χ0n) is 15.3. The van der Waals surface area contributed by atoms with E-state index in [2.05, 4.69) is 27.9 Å². The Morgan fingerprint density at radius 1 is 1.12 bits per heavy atom. The van der Waals surface area contributed by atoms with Gasteiger partial charge in [-0.05, 0) is 44.4 Å². The fraction of sp³-hybridized carbons (Fsp3) is 0.579. The van der Waals surface area contributed by atoms with Crippen LogP contribution in [-0.2, 0) is 6.54 Å². The van der Waals surface area contributed by atoms with Gasteiger partial charge in [0.2, 0.25) is 0 Å². The summed E-state index contributed by atoms with van der Waals surface area (Å²) >= 11 is 0. The Hall–Kier alpha value is -1.31. The third kappa shape index (κ3) is 7.63. The third-order valence-electron chi connectivity index (χ3n) is 4.24. The highest BCUT2D eigenvalue weighted by Gasteiger charge is 2.14. The Bertz CT molecular complexity index is 556. The summed E-state index contributed by atoms with van der Waals surface area (Å²) < 4.78 is 0.